The standard InChI is InChI=1S/C8H3Cl2/c1-2-6-3-4-7(9)5-8(6)10/h3-5H. The monoisotopic (exact) mass is 169 g/mol. The van der Waals surface area contributed by atoms with Gasteiger partial charge >= 0.3 is 0 Å². The van der Waals surface area contributed by atoms with E-state index in [-0.39, 0.29) is 0 Å². The largest absolute Gasteiger partial charge is 0.0843 e. The summed E-state index contributed by atoms with van der Waals surface area (Å²) in [6.45, 7) is 0. The summed E-state index contributed by atoms with van der Waals surface area (Å²) in [5.74, 6) is 2.18. The molecule has 1 aromatic rings. The van der Waals surface area contributed by atoms with E-state index in [9.17, 15) is 0 Å². The minimum absolute atomic E-state index is 0.461. The first-order valence-electron chi connectivity index (χ1n) is 2.62. The minimum atomic E-state index is 0.461. The Bertz CT molecular complexity index is 284. The molecular weight excluding hydrogens is 167 g/mol. The fourth-order valence-electron chi connectivity index (χ4n) is 0.591. The Morgan fingerprint density at radius 2 is 2.00 bits per heavy atom. The minimum Gasteiger partial charge on any atom is -0.0843 e. The van der Waals surface area contributed by atoms with Gasteiger partial charge in [0.05, 0.1) is 5.02 Å². The van der Waals surface area contributed by atoms with Gasteiger partial charge in [-0.25, -0.2) is 0 Å². The zero-order valence-corrected chi connectivity index (χ0v) is 6.50. The van der Waals surface area contributed by atoms with E-state index in [1.54, 1.807) is 18.2 Å². The zero-order chi connectivity index (χ0) is 7.56. The number of hydrogen-bond acceptors (Lipinski definition) is 0. The summed E-state index contributed by atoms with van der Waals surface area (Å²) in [5.41, 5.74) is 0.561. The Labute approximate surface area is 69.8 Å². The summed E-state index contributed by atoms with van der Waals surface area (Å²) >= 11 is 11.3. The second-order valence-corrected chi connectivity index (χ2v) is 2.59. The van der Waals surface area contributed by atoms with Crippen LogP contribution in [0.1, 0.15) is 5.56 Å². The maximum atomic E-state index is 6.78. The Kier molecular flexibility index (Phi) is 2.21. The number of hydrogen-bond donors (Lipinski definition) is 0. The van der Waals surface area contributed by atoms with E-state index in [0.717, 1.165) is 0 Å². The van der Waals surface area contributed by atoms with Gasteiger partial charge in [-0.05, 0) is 24.6 Å². The smallest absolute Gasteiger partial charge is 0.0577 e. The fraction of sp³-hybridized carbons (Fsp3) is 0. The second-order valence-electron chi connectivity index (χ2n) is 1.75. The van der Waals surface area contributed by atoms with Crippen LogP contribution >= 0.6 is 23.2 Å². The van der Waals surface area contributed by atoms with Crippen molar-refractivity contribution < 1.29 is 0 Å². The summed E-state index contributed by atoms with van der Waals surface area (Å²) in [6.07, 6.45) is 6.78. The molecule has 0 atom stereocenters. The molecule has 10 heavy (non-hydrogen) atoms. The van der Waals surface area contributed by atoms with Gasteiger partial charge in [-0.2, -0.15) is 0 Å². The van der Waals surface area contributed by atoms with Crippen molar-refractivity contribution in [2.24, 2.45) is 0 Å². The average Bonchev–Trinajstić information content (AvgIpc) is 1.88. The van der Waals surface area contributed by atoms with Gasteiger partial charge in [-0.15, -0.1) is 0 Å². The van der Waals surface area contributed by atoms with Gasteiger partial charge in [0.2, 0.25) is 0 Å². The maximum Gasteiger partial charge on any atom is 0.0577 e. The lowest BCUT2D eigenvalue weighted by Gasteiger charge is -1.93. The lowest BCUT2D eigenvalue weighted by Crippen LogP contribution is -1.74. The van der Waals surface area contributed by atoms with E-state index in [1.807, 2.05) is 0 Å². The molecule has 0 amide bonds. The molecule has 0 N–H and O–H groups in total. The highest BCUT2D eigenvalue weighted by molar-refractivity contribution is 6.35. The highest BCUT2D eigenvalue weighted by atomic mass is 35.5. The van der Waals surface area contributed by atoms with Crippen molar-refractivity contribution in [3.8, 4) is 5.92 Å². The van der Waals surface area contributed by atoms with Crippen molar-refractivity contribution in [2.75, 3.05) is 0 Å². The van der Waals surface area contributed by atoms with E-state index in [0.29, 0.717) is 15.6 Å². The van der Waals surface area contributed by atoms with Crippen LogP contribution in [0.4, 0.5) is 0 Å². The fourth-order valence-corrected chi connectivity index (χ4v) is 1.05. The summed E-state index contributed by atoms with van der Waals surface area (Å²) in [6, 6.07) is 4.90. The van der Waals surface area contributed by atoms with E-state index >= 15 is 0 Å². The van der Waals surface area contributed by atoms with Crippen LogP contribution in [0.3, 0.4) is 0 Å². The molecule has 0 aliphatic rings. The van der Waals surface area contributed by atoms with Crippen LogP contribution in [0.5, 0.6) is 0 Å². The van der Waals surface area contributed by atoms with Crippen LogP contribution in [0.25, 0.3) is 0 Å². The van der Waals surface area contributed by atoms with Gasteiger partial charge in [0.25, 0.3) is 0 Å². The SMILES string of the molecule is [C]#Cc1ccc(Cl)cc1Cl. The molecule has 0 unspecified atom stereocenters. The van der Waals surface area contributed by atoms with Gasteiger partial charge in [0.15, 0.2) is 0 Å². The Morgan fingerprint density at radius 3 is 2.50 bits per heavy atom. The third kappa shape index (κ3) is 1.44. The lowest BCUT2D eigenvalue weighted by atomic mass is 10.2. The second kappa shape index (κ2) is 2.96. The van der Waals surface area contributed by atoms with E-state index in [2.05, 4.69) is 5.92 Å². The van der Waals surface area contributed by atoms with Crippen LogP contribution in [0.15, 0.2) is 18.2 Å². The molecule has 0 heterocycles. The van der Waals surface area contributed by atoms with E-state index in [4.69, 9.17) is 29.6 Å². The van der Waals surface area contributed by atoms with E-state index < -0.39 is 0 Å². The molecule has 0 spiro atoms. The number of halogens is 2. The zero-order valence-electron chi connectivity index (χ0n) is 4.99. The van der Waals surface area contributed by atoms with Gasteiger partial charge in [0.1, 0.15) is 0 Å². The first-order valence-corrected chi connectivity index (χ1v) is 3.37. The van der Waals surface area contributed by atoms with Gasteiger partial charge < -0.3 is 0 Å². The van der Waals surface area contributed by atoms with Crippen molar-refractivity contribution in [3.63, 3.8) is 0 Å². The van der Waals surface area contributed by atoms with Crippen LogP contribution < -0.4 is 0 Å². The number of rotatable bonds is 0. The molecule has 0 bridgehead atoms. The summed E-state index contributed by atoms with van der Waals surface area (Å²) < 4.78 is 0. The normalized spacial score (nSPS) is 8.90. The van der Waals surface area contributed by atoms with Crippen molar-refractivity contribution in [3.05, 3.63) is 40.2 Å². The lowest BCUT2D eigenvalue weighted by molar-refractivity contribution is 1.64. The molecule has 1 radical (unpaired) electrons. The third-order valence-corrected chi connectivity index (χ3v) is 1.61. The molecule has 49 valence electrons. The van der Waals surface area contributed by atoms with Crippen LogP contribution in [0, 0.1) is 12.3 Å². The quantitative estimate of drug-likeness (QED) is 0.525. The van der Waals surface area contributed by atoms with Gasteiger partial charge in [-0.1, -0.05) is 29.1 Å². The van der Waals surface area contributed by atoms with Crippen molar-refractivity contribution in [2.45, 2.75) is 0 Å². The van der Waals surface area contributed by atoms with Gasteiger partial charge in [0, 0.05) is 10.6 Å². The Morgan fingerprint density at radius 1 is 1.30 bits per heavy atom. The Hall–Kier alpha value is -0.640. The van der Waals surface area contributed by atoms with Gasteiger partial charge in [-0.3, -0.25) is 0 Å². The third-order valence-electron chi connectivity index (χ3n) is 1.07. The topological polar surface area (TPSA) is 0 Å². The highest BCUT2D eigenvalue weighted by Crippen LogP contribution is 2.19. The van der Waals surface area contributed by atoms with E-state index in [1.165, 1.54) is 0 Å². The first kappa shape index (κ1) is 7.47. The molecule has 0 fully saturated rings. The first-order chi connectivity index (χ1) is 4.74. The molecule has 0 nitrogen and oxygen atoms in total. The molecular formula is C8H3Cl2. The van der Waals surface area contributed by atoms with Crippen LogP contribution in [-0.2, 0) is 0 Å². The summed E-state index contributed by atoms with van der Waals surface area (Å²) in [4.78, 5) is 0. The van der Waals surface area contributed by atoms with Crippen LogP contribution in [0.2, 0.25) is 10.0 Å². The van der Waals surface area contributed by atoms with Crippen molar-refractivity contribution in [1.82, 2.24) is 0 Å². The predicted molar refractivity (Wildman–Crippen MR) is 42.7 cm³/mol. The summed E-state index contributed by atoms with van der Waals surface area (Å²) in [7, 11) is 0. The predicted octanol–water partition coefficient (Wildman–Crippen LogP) is 2.93. The molecule has 0 saturated carbocycles. The van der Waals surface area contributed by atoms with Crippen LogP contribution in [-0.4, -0.2) is 0 Å². The molecule has 2 heteroatoms. The molecule has 0 saturated heterocycles. The molecule has 1 aromatic carbocycles. The average molecular weight is 170 g/mol. The molecule has 0 aliphatic heterocycles. The number of benzene rings is 1. The van der Waals surface area contributed by atoms with Crippen molar-refractivity contribution >= 4 is 23.2 Å². The molecule has 1 rings (SSSR count). The summed E-state index contributed by atoms with van der Waals surface area (Å²) in [5, 5.41) is 1.03. The maximum absolute atomic E-state index is 6.78. The Balaban J connectivity index is 3.23. The molecule has 0 aliphatic carbocycles. The highest BCUT2D eigenvalue weighted by Gasteiger charge is 1.95. The van der Waals surface area contributed by atoms with Crippen molar-refractivity contribution in [1.29, 1.82) is 0 Å². The molecule has 0 aromatic heterocycles.